The summed E-state index contributed by atoms with van der Waals surface area (Å²) in [4.78, 5) is 34.6. The molecule has 0 aromatic heterocycles. The van der Waals surface area contributed by atoms with Gasteiger partial charge in [0.2, 0.25) is 0 Å². The number of carbonyl (C=O) groups excluding carboxylic acids is 3. The van der Waals surface area contributed by atoms with E-state index in [1.54, 1.807) is 0 Å². The summed E-state index contributed by atoms with van der Waals surface area (Å²) < 4.78 is 47.4. The van der Waals surface area contributed by atoms with E-state index in [2.05, 4.69) is 0 Å². The zero-order valence-electron chi connectivity index (χ0n) is 18.4. The minimum Gasteiger partial charge on any atom is -0.394 e. The van der Waals surface area contributed by atoms with Crippen molar-refractivity contribution in [3.05, 3.63) is 58.7 Å². The summed E-state index contributed by atoms with van der Waals surface area (Å²) in [7, 11) is 0. The summed E-state index contributed by atoms with van der Waals surface area (Å²) in [5.74, 6) is 0.0736. The van der Waals surface area contributed by atoms with Crippen LogP contribution in [0.4, 0.5) is 13.6 Å². The highest BCUT2D eigenvalue weighted by molar-refractivity contribution is 5.89. The predicted molar refractivity (Wildman–Crippen MR) is 118 cm³/mol. The summed E-state index contributed by atoms with van der Waals surface area (Å²) in [5, 5.41) is 0. The number of hydrogen-bond donors (Lipinski definition) is 2. The Morgan fingerprint density at radius 1 is 0.676 bits per heavy atom. The van der Waals surface area contributed by atoms with Gasteiger partial charge < -0.3 is 30.4 Å². The lowest BCUT2D eigenvalue weighted by molar-refractivity contribution is 0.0826. The Balaban J connectivity index is 2.17. The van der Waals surface area contributed by atoms with Crippen LogP contribution in [0.3, 0.4) is 0 Å². The van der Waals surface area contributed by atoms with Gasteiger partial charge in [-0.15, -0.1) is 0 Å². The second kappa shape index (κ2) is 14.1. The molecule has 0 saturated heterocycles. The molecule has 0 heterocycles. The van der Waals surface area contributed by atoms with Crippen molar-refractivity contribution >= 4 is 18.2 Å². The van der Waals surface area contributed by atoms with Gasteiger partial charge in [0.1, 0.15) is 11.5 Å². The standard InChI is InChI=1S/C23H26F2N2O7/c24-21(28)17-1-3-19(15(13-17)5-9-31-11-7-26)33-23(30)34-20-4-2-18(22(25)29)14-16(20)6-10-32-12-8-27/h1-4,13-14H,5-12,26-27H2. The SMILES string of the molecule is NCCOCCc1cc(C(=O)F)ccc1OC(=O)Oc1ccc(C(=O)F)cc1CCOCCN. The largest absolute Gasteiger partial charge is 0.519 e. The molecular weight excluding hydrogens is 454 g/mol. The van der Waals surface area contributed by atoms with Gasteiger partial charge in [-0.3, -0.25) is 9.59 Å². The van der Waals surface area contributed by atoms with E-state index in [4.69, 9.17) is 30.4 Å². The van der Waals surface area contributed by atoms with Gasteiger partial charge in [0.15, 0.2) is 0 Å². The summed E-state index contributed by atoms with van der Waals surface area (Å²) in [5.41, 5.74) is 11.0. The fourth-order valence-corrected chi connectivity index (χ4v) is 2.93. The maximum absolute atomic E-state index is 13.1. The number of halogens is 2. The van der Waals surface area contributed by atoms with Crippen LogP contribution in [-0.2, 0) is 22.3 Å². The Kier molecular flexibility index (Phi) is 11.2. The topological polar surface area (TPSA) is 140 Å². The third-order valence-corrected chi connectivity index (χ3v) is 4.52. The quantitative estimate of drug-likeness (QED) is 0.181. The lowest BCUT2D eigenvalue weighted by atomic mass is 10.1. The zero-order valence-corrected chi connectivity index (χ0v) is 18.4. The van der Waals surface area contributed by atoms with E-state index in [0.717, 1.165) is 12.1 Å². The van der Waals surface area contributed by atoms with Crippen molar-refractivity contribution in [2.24, 2.45) is 11.5 Å². The van der Waals surface area contributed by atoms with Crippen LogP contribution in [0.25, 0.3) is 0 Å². The molecule has 2 aromatic rings. The number of carbonyl (C=O) groups is 3. The predicted octanol–water partition coefficient (Wildman–Crippen LogP) is 2.52. The van der Waals surface area contributed by atoms with Crippen molar-refractivity contribution in [1.82, 2.24) is 0 Å². The summed E-state index contributed by atoms with van der Waals surface area (Å²) in [6.45, 7) is 1.61. The molecule has 11 heteroatoms. The third-order valence-electron chi connectivity index (χ3n) is 4.52. The molecule has 0 saturated carbocycles. The van der Waals surface area contributed by atoms with E-state index >= 15 is 0 Å². The van der Waals surface area contributed by atoms with E-state index in [-0.39, 0.29) is 48.7 Å². The fourth-order valence-electron chi connectivity index (χ4n) is 2.93. The second-order valence-corrected chi connectivity index (χ2v) is 6.95. The Bertz CT molecular complexity index is 924. The van der Waals surface area contributed by atoms with E-state index in [1.165, 1.54) is 24.3 Å². The molecule has 0 aliphatic rings. The highest BCUT2D eigenvalue weighted by Gasteiger charge is 2.17. The maximum atomic E-state index is 13.1. The smallest absolute Gasteiger partial charge is 0.394 e. The van der Waals surface area contributed by atoms with E-state index in [0.29, 0.717) is 37.4 Å². The minimum atomic E-state index is -1.64. The van der Waals surface area contributed by atoms with Crippen LogP contribution in [0.5, 0.6) is 11.5 Å². The van der Waals surface area contributed by atoms with Crippen molar-refractivity contribution in [3.8, 4) is 11.5 Å². The molecule has 184 valence electrons. The van der Waals surface area contributed by atoms with Gasteiger partial charge >= 0.3 is 18.2 Å². The van der Waals surface area contributed by atoms with Gasteiger partial charge in [-0.1, -0.05) is 0 Å². The van der Waals surface area contributed by atoms with Gasteiger partial charge in [0.05, 0.1) is 37.6 Å². The molecule has 0 aliphatic carbocycles. The lowest BCUT2D eigenvalue weighted by Crippen LogP contribution is -2.17. The van der Waals surface area contributed by atoms with Crippen LogP contribution in [-0.4, -0.2) is 57.7 Å². The molecule has 34 heavy (non-hydrogen) atoms. The second-order valence-electron chi connectivity index (χ2n) is 6.95. The molecule has 2 aromatic carbocycles. The first-order valence-corrected chi connectivity index (χ1v) is 10.5. The van der Waals surface area contributed by atoms with Crippen LogP contribution in [0.2, 0.25) is 0 Å². The zero-order chi connectivity index (χ0) is 24.9. The molecule has 9 nitrogen and oxygen atoms in total. The maximum Gasteiger partial charge on any atom is 0.519 e. The van der Waals surface area contributed by atoms with Crippen molar-refractivity contribution < 1.29 is 42.1 Å². The number of hydrogen-bond acceptors (Lipinski definition) is 9. The normalized spacial score (nSPS) is 10.7. The van der Waals surface area contributed by atoms with Crippen molar-refractivity contribution in [1.29, 1.82) is 0 Å². The average molecular weight is 480 g/mol. The molecule has 0 radical (unpaired) electrons. The van der Waals surface area contributed by atoms with Gasteiger partial charge in [-0.05, 0) is 60.4 Å². The Labute approximate surface area is 194 Å². The van der Waals surface area contributed by atoms with Gasteiger partial charge in [-0.25, -0.2) is 4.79 Å². The highest BCUT2D eigenvalue weighted by Crippen LogP contribution is 2.25. The number of rotatable bonds is 14. The first-order valence-electron chi connectivity index (χ1n) is 10.5. The third kappa shape index (κ3) is 8.60. The summed E-state index contributed by atoms with van der Waals surface area (Å²) in [6.07, 6.45) is -0.714. The van der Waals surface area contributed by atoms with Crippen molar-refractivity contribution in [2.45, 2.75) is 12.8 Å². The summed E-state index contributed by atoms with van der Waals surface area (Å²) in [6, 6.07) is 4.08. The Morgan fingerprint density at radius 3 is 1.44 bits per heavy atom. The van der Waals surface area contributed by atoms with Gasteiger partial charge in [0, 0.05) is 13.1 Å². The van der Waals surface area contributed by atoms with Crippen LogP contribution in [0.1, 0.15) is 31.8 Å². The van der Waals surface area contributed by atoms with E-state index in [1.807, 2.05) is 0 Å². The molecule has 0 fully saturated rings. The molecule has 4 N–H and O–H groups in total. The lowest BCUT2D eigenvalue weighted by Gasteiger charge is -2.13. The fraction of sp³-hybridized carbons (Fsp3) is 0.348. The van der Waals surface area contributed by atoms with Crippen molar-refractivity contribution in [3.63, 3.8) is 0 Å². The molecule has 0 aliphatic heterocycles. The first-order chi connectivity index (χ1) is 16.3. The van der Waals surface area contributed by atoms with E-state index in [9.17, 15) is 23.2 Å². The number of ether oxygens (including phenoxy) is 4. The van der Waals surface area contributed by atoms with E-state index < -0.39 is 18.2 Å². The van der Waals surface area contributed by atoms with Crippen LogP contribution in [0, 0.1) is 0 Å². The minimum absolute atomic E-state index is 0.0368. The Hall–Kier alpha value is -3.25. The molecule has 2 rings (SSSR count). The average Bonchev–Trinajstić information content (AvgIpc) is 2.81. The number of benzene rings is 2. The highest BCUT2D eigenvalue weighted by atomic mass is 19.1. The number of nitrogens with two attached hydrogens (primary N) is 2. The van der Waals surface area contributed by atoms with Gasteiger partial charge in [-0.2, -0.15) is 8.78 Å². The van der Waals surface area contributed by atoms with Crippen LogP contribution < -0.4 is 20.9 Å². The van der Waals surface area contributed by atoms with Crippen LogP contribution >= 0.6 is 0 Å². The first kappa shape index (κ1) is 27.0. The molecule has 0 spiro atoms. The summed E-state index contributed by atoms with van der Waals surface area (Å²) >= 11 is 0. The van der Waals surface area contributed by atoms with Gasteiger partial charge in [0.25, 0.3) is 0 Å². The van der Waals surface area contributed by atoms with Crippen LogP contribution in [0.15, 0.2) is 36.4 Å². The van der Waals surface area contributed by atoms with Crippen molar-refractivity contribution in [2.75, 3.05) is 39.5 Å². The molecule has 0 unspecified atom stereocenters. The molecular formula is C23H26F2N2O7. The molecule has 0 amide bonds. The molecule has 0 atom stereocenters. The molecule has 0 bridgehead atoms. The Morgan fingerprint density at radius 2 is 1.09 bits per heavy atom. The monoisotopic (exact) mass is 480 g/mol.